The third-order valence-corrected chi connectivity index (χ3v) is 4.83. The molecule has 1 aromatic carbocycles. The van der Waals surface area contributed by atoms with Gasteiger partial charge in [-0.25, -0.2) is 0 Å². The molecule has 3 rings (SSSR count). The van der Waals surface area contributed by atoms with E-state index in [4.69, 9.17) is 0 Å². The van der Waals surface area contributed by atoms with Crippen molar-refractivity contribution in [3.05, 3.63) is 47.8 Å². The van der Waals surface area contributed by atoms with Crippen LogP contribution in [0.1, 0.15) is 42.1 Å². The van der Waals surface area contributed by atoms with E-state index in [0.717, 1.165) is 30.9 Å². The lowest BCUT2D eigenvalue weighted by Crippen LogP contribution is -2.30. The van der Waals surface area contributed by atoms with Crippen LogP contribution in [0.5, 0.6) is 0 Å². The smallest absolute Gasteiger partial charge is 0.253 e. The minimum atomic E-state index is 0.102. The first kappa shape index (κ1) is 16.6. The van der Waals surface area contributed by atoms with Gasteiger partial charge in [0.25, 0.3) is 5.91 Å². The van der Waals surface area contributed by atoms with Gasteiger partial charge in [-0.15, -0.1) is 0 Å². The van der Waals surface area contributed by atoms with E-state index in [0.29, 0.717) is 11.8 Å². The van der Waals surface area contributed by atoms with Gasteiger partial charge >= 0.3 is 0 Å². The monoisotopic (exact) mass is 326 g/mol. The maximum atomic E-state index is 12.3. The van der Waals surface area contributed by atoms with Gasteiger partial charge in [0.05, 0.1) is 6.20 Å². The van der Waals surface area contributed by atoms with E-state index in [9.17, 15) is 4.79 Å². The van der Waals surface area contributed by atoms with Crippen LogP contribution in [0.15, 0.2) is 36.7 Å². The summed E-state index contributed by atoms with van der Waals surface area (Å²) in [5, 5.41) is 7.73. The van der Waals surface area contributed by atoms with Crippen molar-refractivity contribution in [2.75, 3.05) is 25.0 Å². The second-order valence-electron chi connectivity index (χ2n) is 6.49. The van der Waals surface area contributed by atoms with Gasteiger partial charge in [-0.05, 0) is 61.9 Å². The number of carbonyl (C=O) groups excluding carboxylic acids is 1. The van der Waals surface area contributed by atoms with Gasteiger partial charge in [-0.2, -0.15) is 5.10 Å². The molecule has 0 radical (unpaired) electrons. The van der Waals surface area contributed by atoms with Crippen molar-refractivity contribution in [2.45, 2.75) is 26.2 Å². The van der Waals surface area contributed by atoms with Crippen molar-refractivity contribution in [3.63, 3.8) is 0 Å². The molecule has 1 amide bonds. The maximum Gasteiger partial charge on any atom is 0.253 e. The molecule has 1 N–H and O–H groups in total. The standard InChI is InChI=1S/C19H26N4O/c1-4-23(5-2)19(24)14-6-8-17(9-7-14)20-11-15-10-18(15)16-12-21-22(3)13-16/h6-9,12-13,15,18,20H,4-5,10-11H2,1-3H3/t15-,18+/m0/s1. The number of nitrogens with one attached hydrogen (secondary N) is 1. The highest BCUT2D eigenvalue weighted by Gasteiger charge is 2.38. The number of aromatic nitrogens is 2. The van der Waals surface area contributed by atoms with E-state index in [1.165, 1.54) is 12.0 Å². The van der Waals surface area contributed by atoms with Gasteiger partial charge in [0.1, 0.15) is 0 Å². The van der Waals surface area contributed by atoms with Crippen LogP contribution in [0.25, 0.3) is 0 Å². The predicted octanol–water partition coefficient (Wildman–Crippen LogP) is 3.12. The largest absolute Gasteiger partial charge is 0.385 e. The molecule has 1 aliphatic carbocycles. The Balaban J connectivity index is 1.51. The molecule has 1 heterocycles. The first-order valence-electron chi connectivity index (χ1n) is 8.74. The fourth-order valence-corrected chi connectivity index (χ4v) is 3.19. The van der Waals surface area contributed by atoms with Crippen molar-refractivity contribution in [3.8, 4) is 0 Å². The van der Waals surface area contributed by atoms with Crippen LogP contribution in [-0.4, -0.2) is 40.2 Å². The zero-order chi connectivity index (χ0) is 17.1. The summed E-state index contributed by atoms with van der Waals surface area (Å²) < 4.78 is 1.86. The lowest BCUT2D eigenvalue weighted by atomic mass is 10.1. The third-order valence-electron chi connectivity index (χ3n) is 4.83. The summed E-state index contributed by atoms with van der Waals surface area (Å²) in [5.41, 5.74) is 3.16. The zero-order valence-corrected chi connectivity index (χ0v) is 14.7. The number of hydrogen-bond acceptors (Lipinski definition) is 3. The summed E-state index contributed by atoms with van der Waals surface area (Å²) in [5.74, 6) is 1.41. The van der Waals surface area contributed by atoms with Crippen LogP contribution in [0.3, 0.4) is 0 Å². The molecule has 5 heteroatoms. The van der Waals surface area contributed by atoms with E-state index in [-0.39, 0.29) is 5.91 Å². The summed E-state index contributed by atoms with van der Waals surface area (Å²) in [7, 11) is 1.96. The molecule has 128 valence electrons. The summed E-state index contributed by atoms with van der Waals surface area (Å²) in [6, 6.07) is 7.82. The maximum absolute atomic E-state index is 12.3. The van der Waals surface area contributed by atoms with Gasteiger partial charge < -0.3 is 10.2 Å². The molecule has 1 saturated carbocycles. The lowest BCUT2D eigenvalue weighted by Gasteiger charge is -2.18. The second kappa shape index (κ2) is 7.07. The molecular formula is C19H26N4O. The molecule has 5 nitrogen and oxygen atoms in total. The minimum Gasteiger partial charge on any atom is -0.385 e. The van der Waals surface area contributed by atoms with Crippen LogP contribution in [0, 0.1) is 5.92 Å². The number of aryl methyl sites for hydroxylation is 1. The molecule has 2 atom stereocenters. The third kappa shape index (κ3) is 3.61. The molecule has 2 aromatic rings. The molecule has 0 unspecified atom stereocenters. The summed E-state index contributed by atoms with van der Waals surface area (Å²) in [6.45, 7) is 6.46. The van der Waals surface area contributed by atoms with Gasteiger partial charge in [-0.3, -0.25) is 9.48 Å². The van der Waals surface area contributed by atoms with Gasteiger partial charge in [-0.1, -0.05) is 0 Å². The van der Waals surface area contributed by atoms with Gasteiger partial charge in [0.2, 0.25) is 0 Å². The Bertz CT molecular complexity index is 688. The molecule has 1 aromatic heterocycles. The Morgan fingerprint density at radius 3 is 2.58 bits per heavy atom. The van der Waals surface area contributed by atoms with Crippen LogP contribution >= 0.6 is 0 Å². The van der Waals surface area contributed by atoms with E-state index < -0.39 is 0 Å². The highest BCUT2D eigenvalue weighted by Crippen LogP contribution is 2.47. The Morgan fingerprint density at radius 2 is 2.00 bits per heavy atom. The Morgan fingerprint density at radius 1 is 1.29 bits per heavy atom. The minimum absolute atomic E-state index is 0.102. The highest BCUT2D eigenvalue weighted by atomic mass is 16.2. The predicted molar refractivity (Wildman–Crippen MR) is 96.2 cm³/mol. The van der Waals surface area contributed by atoms with Crippen LogP contribution in [0.2, 0.25) is 0 Å². The summed E-state index contributed by atoms with van der Waals surface area (Å²) >= 11 is 0. The number of rotatable bonds is 7. The van der Waals surface area contributed by atoms with Gasteiger partial charge in [0, 0.05) is 44.1 Å². The van der Waals surface area contributed by atoms with E-state index in [2.05, 4.69) is 16.6 Å². The normalized spacial score (nSPS) is 19.1. The lowest BCUT2D eigenvalue weighted by molar-refractivity contribution is 0.0773. The van der Waals surface area contributed by atoms with Crippen LogP contribution in [-0.2, 0) is 7.05 Å². The van der Waals surface area contributed by atoms with E-state index in [1.54, 1.807) is 0 Å². The number of hydrogen-bond donors (Lipinski definition) is 1. The Kier molecular flexibility index (Phi) is 4.88. The fourth-order valence-electron chi connectivity index (χ4n) is 3.19. The zero-order valence-electron chi connectivity index (χ0n) is 14.7. The molecule has 1 fully saturated rings. The van der Waals surface area contributed by atoms with E-state index in [1.807, 2.05) is 60.9 Å². The molecule has 0 bridgehead atoms. The number of amides is 1. The molecule has 0 spiro atoms. The molecule has 1 aliphatic rings. The number of anilines is 1. The van der Waals surface area contributed by atoms with Crippen molar-refractivity contribution >= 4 is 11.6 Å². The Labute approximate surface area is 143 Å². The van der Waals surface area contributed by atoms with Crippen molar-refractivity contribution in [1.82, 2.24) is 14.7 Å². The van der Waals surface area contributed by atoms with Crippen molar-refractivity contribution in [2.24, 2.45) is 13.0 Å². The second-order valence-corrected chi connectivity index (χ2v) is 6.49. The molecular weight excluding hydrogens is 300 g/mol. The molecule has 0 saturated heterocycles. The first-order chi connectivity index (χ1) is 11.6. The summed E-state index contributed by atoms with van der Waals surface area (Å²) in [4.78, 5) is 14.1. The van der Waals surface area contributed by atoms with Gasteiger partial charge in [0.15, 0.2) is 0 Å². The number of carbonyl (C=O) groups is 1. The summed E-state index contributed by atoms with van der Waals surface area (Å²) in [6.07, 6.45) is 5.30. The topological polar surface area (TPSA) is 50.2 Å². The average Bonchev–Trinajstić information content (AvgIpc) is 3.26. The number of benzene rings is 1. The highest BCUT2D eigenvalue weighted by molar-refractivity contribution is 5.94. The van der Waals surface area contributed by atoms with Crippen molar-refractivity contribution < 1.29 is 4.79 Å². The Hall–Kier alpha value is -2.30. The van der Waals surface area contributed by atoms with Crippen molar-refractivity contribution in [1.29, 1.82) is 0 Å². The first-order valence-corrected chi connectivity index (χ1v) is 8.74. The van der Waals surface area contributed by atoms with Crippen LogP contribution in [0.4, 0.5) is 5.69 Å². The SMILES string of the molecule is CCN(CC)C(=O)c1ccc(NC[C@@H]2C[C@H]2c2cnn(C)c2)cc1. The number of nitrogens with zero attached hydrogens (tertiary/aromatic N) is 3. The molecule has 24 heavy (non-hydrogen) atoms. The van der Waals surface area contributed by atoms with Crippen LogP contribution < -0.4 is 5.32 Å². The average molecular weight is 326 g/mol. The quantitative estimate of drug-likeness (QED) is 0.850. The fraction of sp³-hybridized carbons (Fsp3) is 0.474. The molecule has 0 aliphatic heterocycles. The van der Waals surface area contributed by atoms with E-state index >= 15 is 0 Å².